The number of nitrogens with zero attached hydrogens (tertiary/aromatic N) is 1. The maximum atomic E-state index is 12.9. The Kier molecular flexibility index (Phi) is 3.55. The van der Waals surface area contributed by atoms with Crippen molar-refractivity contribution in [2.24, 2.45) is 0 Å². The molecule has 0 fully saturated rings. The Hall–Kier alpha value is -1.35. The zero-order chi connectivity index (χ0) is 14.2. The molecular formula is C15H18NO3P. The molecule has 0 bridgehead atoms. The summed E-state index contributed by atoms with van der Waals surface area (Å²) in [6.45, 7) is 0.704. The van der Waals surface area contributed by atoms with Gasteiger partial charge in [-0.05, 0) is 12.8 Å². The molecule has 20 heavy (non-hydrogen) atoms. The predicted molar refractivity (Wildman–Crippen MR) is 80.7 cm³/mol. The number of aryl methyl sites for hydroxylation is 1. The van der Waals surface area contributed by atoms with Gasteiger partial charge in [0, 0.05) is 37.2 Å². The van der Waals surface area contributed by atoms with Crippen molar-refractivity contribution < 1.29 is 13.6 Å². The maximum Gasteiger partial charge on any atom is 0.377 e. The van der Waals surface area contributed by atoms with Crippen molar-refractivity contribution in [3.63, 3.8) is 0 Å². The smallest absolute Gasteiger partial charge is 0.334 e. The second-order valence-corrected chi connectivity index (χ2v) is 6.95. The van der Waals surface area contributed by atoms with Crippen molar-refractivity contribution in [3.05, 3.63) is 42.1 Å². The third-order valence-electron chi connectivity index (χ3n) is 3.80. The summed E-state index contributed by atoms with van der Waals surface area (Å²) in [5.74, 6) is 0. The molecule has 5 heteroatoms. The monoisotopic (exact) mass is 291 g/mol. The second kappa shape index (κ2) is 5.21. The fourth-order valence-electron chi connectivity index (χ4n) is 2.88. The molecule has 1 aromatic heterocycles. The van der Waals surface area contributed by atoms with E-state index in [1.807, 2.05) is 18.2 Å². The molecule has 106 valence electrons. The standard InChI is InChI=1S/C15H18NO3P/c1-18-20(17,19-2)15-13-9-6-5-8-12(13)14-10-4-3-7-11-16(14)15/h3,5-9H,4,10-11H2,1-2H3. The minimum atomic E-state index is -3.28. The Balaban J connectivity index is 2.38. The van der Waals surface area contributed by atoms with Gasteiger partial charge in [-0.3, -0.25) is 4.57 Å². The third-order valence-corrected chi connectivity index (χ3v) is 5.77. The van der Waals surface area contributed by atoms with Gasteiger partial charge in [0.1, 0.15) is 5.44 Å². The summed E-state index contributed by atoms with van der Waals surface area (Å²) in [5, 5.41) is 2.10. The van der Waals surface area contributed by atoms with Crippen molar-refractivity contribution in [3.8, 4) is 0 Å². The van der Waals surface area contributed by atoms with Crippen LogP contribution in [-0.2, 0) is 26.6 Å². The lowest BCUT2D eigenvalue weighted by Crippen LogP contribution is -2.20. The number of allylic oxidation sites excluding steroid dienone is 2. The van der Waals surface area contributed by atoms with Crippen LogP contribution in [0.5, 0.6) is 0 Å². The number of aromatic nitrogens is 1. The summed E-state index contributed by atoms with van der Waals surface area (Å²) >= 11 is 0. The minimum Gasteiger partial charge on any atom is -0.334 e. The van der Waals surface area contributed by atoms with E-state index in [0.717, 1.165) is 23.6 Å². The van der Waals surface area contributed by atoms with Crippen molar-refractivity contribution in [2.45, 2.75) is 19.4 Å². The molecule has 0 N–H and O–H groups in total. The predicted octanol–water partition coefficient (Wildman–Crippen LogP) is 3.25. The van der Waals surface area contributed by atoms with Gasteiger partial charge in [-0.1, -0.05) is 36.4 Å². The molecule has 0 spiro atoms. The highest BCUT2D eigenvalue weighted by molar-refractivity contribution is 7.62. The van der Waals surface area contributed by atoms with E-state index in [4.69, 9.17) is 9.05 Å². The Morgan fingerprint density at radius 3 is 2.50 bits per heavy atom. The van der Waals surface area contributed by atoms with E-state index in [1.54, 1.807) is 0 Å². The fraction of sp³-hybridized carbons (Fsp3) is 0.333. The highest BCUT2D eigenvalue weighted by Gasteiger charge is 2.33. The van der Waals surface area contributed by atoms with Gasteiger partial charge in [0.15, 0.2) is 0 Å². The van der Waals surface area contributed by atoms with Crippen LogP contribution in [0, 0.1) is 0 Å². The molecule has 3 rings (SSSR count). The number of hydrogen-bond donors (Lipinski definition) is 0. The molecule has 1 aromatic carbocycles. The molecule has 0 saturated heterocycles. The minimum absolute atomic E-state index is 0.666. The average Bonchev–Trinajstić information content (AvgIpc) is 2.64. The average molecular weight is 291 g/mol. The number of rotatable bonds is 3. The van der Waals surface area contributed by atoms with Gasteiger partial charge < -0.3 is 13.6 Å². The molecule has 2 heterocycles. The van der Waals surface area contributed by atoms with Crippen LogP contribution in [0.2, 0.25) is 0 Å². The Morgan fingerprint density at radius 1 is 1.10 bits per heavy atom. The molecule has 0 amide bonds. The van der Waals surface area contributed by atoms with Crippen LogP contribution in [0.1, 0.15) is 12.1 Å². The van der Waals surface area contributed by atoms with Crippen molar-refractivity contribution in [1.29, 1.82) is 0 Å². The normalized spacial score (nSPS) is 15.3. The van der Waals surface area contributed by atoms with Gasteiger partial charge in [-0.2, -0.15) is 0 Å². The quantitative estimate of drug-likeness (QED) is 0.644. The molecule has 1 aliphatic heterocycles. The summed E-state index contributed by atoms with van der Waals surface area (Å²) in [5.41, 5.74) is 1.87. The van der Waals surface area contributed by atoms with E-state index in [1.165, 1.54) is 19.9 Å². The van der Waals surface area contributed by atoms with Gasteiger partial charge in [-0.15, -0.1) is 0 Å². The SMILES string of the molecule is COP(=O)(OC)c1c2ccccc2c2n1CC=CCC2. The highest BCUT2D eigenvalue weighted by atomic mass is 31.2. The molecule has 0 saturated carbocycles. The topological polar surface area (TPSA) is 40.5 Å². The van der Waals surface area contributed by atoms with E-state index in [0.29, 0.717) is 12.0 Å². The third kappa shape index (κ3) is 1.96. The fourth-order valence-corrected chi connectivity index (χ4v) is 4.36. The molecule has 4 nitrogen and oxygen atoms in total. The summed E-state index contributed by atoms with van der Waals surface area (Å²) < 4.78 is 25.5. The van der Waals surface area contributed by atoms with Crippen LogP contribution in [0.3, 0.4) is 0 Å². The number of hydrogen-bond acceptors (Lipinski definition) is 3. The lowest BCUT2D eigenvalue weighted by Gasteiger charge is -2.17. The summed E-state index contributed by atoms with van der Waals surface area (Å²) in [7, 11) is -0.410. The molecule has 0 atom stereocenters. The summed E-state index contributed by atoms with van der Waals surface area (Å²) in [4.78, 5) is 0. The highest BCUT2D eigenvalue weighted by Crippen LogP contribution is 2.48. The van der Waals surface area contributed by atoms with Gasteiger partial charge >= 0.3 is 7.60 Å². The Labute approximate surface area is 118 Å². The molecule has 0 radical (unpaired) electrons. The van der Waals surface area contributed by atoms with E-state index in [2.05, 4.69) is 22.8 Å². The summed E-state index contributed by atoms with van der Waals surface area (Å²) in [6.07, 6.45) is 6.20. The van der Waals surface area contributed by atoms with E-state index in [9.17, 15) is 4.57 Å². The van der Waals surface area contributed by atoms with E-state index >= 15 is 0 Å². The van der Waals surface area contributed by atoms with Crippen LogP contribution in [0.15, 0.2) is 36.4 Å². The van der Waals surface area contributed by atoms with E-state index in [-0.39, 0.29) is 0 Å². The van der Waals surface area contributed by atoms with Gasteiger partial charge in [0.2, 0.25) is 0 Å². The van der Waals surface area contributed by atoms with Gasteiger partial charge in [0.05, 0.1) is 0 Å². The maximum absolute atomic E-state index is 12.9. The van der Waals surface area contributed by atoms with Crippen molar-refractivity contribution >= 4 is 23.8 Å². The first-order valence-corrected chi connectivity index (χ1v) is 8.22. The van der Waals surface area contributed by atoms with Crippen LogP contribution in [-0.4, -0.2) is 18.8 Å². The molecule has 0 aliphatic carbocycles. The molecule has 1 aliphatic rings. The Bertz CT molecular complexity index is 709. The van der Waals surface area contributed by atoms with E-state index < -0.39 is 7.60 Å². The van der Waals surface area contributed by atoms with Gasteiger partial charge in [0.25, 0.3) is 0 Å². The lowest BCUT2D eigenvalue weighted by molar-refractivity contribution is 0.286. The number of fused-ring (bicyclic) bond motifs is 3. The van der Waals surface area contributed by atoms with Gasteiger partial charge in [-0.25, -0.2) is 0 Å². The van der Waals surface area contributed by atoms with Crippen molar-refractivity contribution in [1.82, 2.24) is 4.57 Å². The first kappa shape index (κ1) is 13.6. The summed E-state index contributed by atoms with van der Waals surface area (Å²) in [6, 6.07) is 8.03. The first-order valence-electron chi connectivity index (χ1n) is 6.68. The Morgan fingerprint density at radius 2 is 1.80 bits per heavy atom. The largest absolute Gasteiger partial charge is 0.377 e. The first-order chi connectivity index (χ1) is 9.71. The van der Waals surface area contributed by atoms with Crippen molar-refractivity contribution in [2.75, 3.05) is 14.2 Å². The zero-order valence-corrected chi connectivity index (χ0v) is 12.6. The van der Waals surface area contributed by atoms with Crippen LogP contribution in [0.25, 0.3) is 10.8 Å². The van der Waals surface area contributed by atoms with Crippen LogP contribution >= 0.6 is 7.60 Å². The number of benzene rings is 1. The van der Waals surface area contributed by atoms with Crippen LogP contribution < -0.4 is 5.44 Å². The lowest BCUT2D eigenvalue weighted by atomic mass is 10.1. The zero-order valence-electron chi connectivity index (χ0n) is 11.7. The van der Waals surface area contributed by atoms with Crippen LogP contribution in [0.4, 0.5) is 0 Å². The molecular weight excluding hydrogens is 273 g/mol. The molecule has 2 aromatic rings. The molecule has 0 unspecified atom stereocenters. The second-order valence-electron chi connectivity index (χ2n) is 4.80.